The number of carbonyl (C=O) groups excluding carboxylic acids is 1. The highest BCUT2D eigenvalue weighted by molar-refractivity contribution is 6.24. The Hall–Kier alpha value is -3.93. The van der Waals surface area contributed by atoms with Gasteiger partial charge in [-0.1, -0.05) is 60.7 Å². The second kappa shape index (κ2) is 9.26. The van der Waals surface area contributed by atoms with E-state index >= 15 is 0 Å². The summed E-state index contributed by atoms with van der Waals surface area (Å²) in [6.07, 6.45) is 1.94. The summed E-state index contributed by atoms with van der Waals surface area (Å²) in [5, 5.41) is 10.9. The van der Waals surface area contributed by atoms with E-state index in [-0.39, 0.29) is 11.6 Å². The van der Waals surface area contributed by atoms with Gasteiger partial charge in [-0.15, -0.1) is 0 Å². The molecule has 0 atom stereocenters. The van der Waals surface area contributed by atoms with E-state index in [9.17, 15) is 14.9 Å². The highest BCUT2D eigenvalue weighted by atomic mass is 16.6. The Balaban J connectivity index is 1.50. The molecule has 0 radical (unpaired) electrons. The minimum Gasteiger partial charge on any atom is -0.368 e. The molecule has 1 aliphatic heterocycles. The summed E-state index contributed by atoms with van der Waals surface area (Å²) in [6.45, 7) is 2.54. The van der Waals surface area contributed by atoms with Crippen LogP contribution in [0.5, 0.6) is 0 Å². The lowest BCUT2D eigenvalue weighted by atomic mass is 10.0. The molecular weight excluding hydrogens is 390 g/mol. The average Bonchev–Trinajstić information content (AvgIpc) is 2.83. The van der Waals surface area contributed by atoms with Gasteiger partial charge >= 0.3 is 0 Å². The van der Waals surface area contributed by atoms with Gasteiger partial charge in [0.15, 0.2) is 0 Å². The van der Waals surface area contributed by atoms with Crippen molar-refractivity contribution in [3.8, 4) is 0 Å². The summed E-state index contributed by atoms with van der Waals surface area (Å²) in [5.41, 5.74) is 3.57. The predicted molar refractivity (Wildman–Crippen MR) is 123 cm³/mol. The van der Waals surface area contributed by atoms with E-state index in [4.69, 9.17) is 0 Å². The number of benzene rings is 3. The number of nitro benzene ring substituents is 1. The van der Waals surface area contributed by atoms with Crippen LogP contribution in [-0.4, -0.2) is 41.9 Å². The maximum Gasteiger partial charge on any atom is 0.269 e. The molecule has 3 aromatic carbocycles. The van der Waals surface area contributed by atoms with Crippen molar-refractivity contribution in [3.63, 3.8) is 0 Å². The van der Waals surface area contributed by atoms with Gasteiger partial charge in [-0.3, -0.25) is 14.9 Å². The first kappa shape index (κ1) is 20.3. The summed E-state index contributed by atoms with van der Waals surface area (Å²) >= 11 is 0. The quantitative estimate of drug-likeness (QED) is 0.268. The zero-order valence-corrected chi connectivity index (χ0v) is 17.1. The second-order valence-corrected chi connectivity index (χ2v) is 7.39. The first-order chi connectivity index (χ1) is 15.1. The van der Waals surface area contributed by atoms with Crippen molar-refractivity contribution < 1.29 is 9.72 Å². The molecule has 4 rings (SSSR count). The number of anilines is 1. The molecule has 0 saturated carbocycles. The van der Waals surface area contributed by atoms with E-state index in [2.05, 4.69) is 4.90 Å². The summed E-state index contributed by atoms with van der Waals surface area (Å²) in [6, 6.07) is 26.2. The van der Waals surface area contributed by atoms with Crippen LogP contribution in [0.1, 0.15) is 11.1 Å². The molecule has 31 heavy (non-hydrogen) atoms. The van der Waals surface area contributed by atoms with Gasteiger partial charge in [0.25, 0.3) is 11.6 Å². The molecule has 1 heterocycles. The number of rotatable bonds is 5. The van der Waals surface area contributed by atoms with Crippen LogP contribution in [-0.2, 0) is 4.79 Å². The van der Waals surface area contributed by atoms with E-state index in [1.165, 1.54) is 12.1 Å². The smallest absolute Gasteiger partial charge is 0.269 e. The molecule has 0 aromatic heterocycles. The second-order valence-electron chi connectivity index (χ2n) is 7.39. The molecule has 1 amide bonds. The van der Waals surface area contributed by atoms with E-state index in [1.54, 1.807) is 12.1 Å². The fraction of sp³-hybridized carbons (Fsp3) is 0.160. The zero-order valence-electron chi connectivity index (χ0n) is 17.1. The zero-order chi connectivity index (χ0) is 21.6. The Morgan fingerprint density at radius 3 is 1.97 bits per heavy atom. The lowest BCUT2D eigenvalue weighted by Gasteiger charge is -2.36. The summed E-state index contributed by atoms with van der Waals surface area (Å²) in [4.78, 5) is 27.9. The average molecular weight is 413 g/mol. The number of hydrogen-bond acceptors (Lipinski definition) is 4. The van der Waals surface area contributed by atoms with E-state index in [0.29, 0.717) is 31.8 Å². The SMILES string of the molecule is O=C(/C(=C\c1ccccc1)c1ccccc1)N1CCN(c2ccc([N+](=O)[O-])cc2)CC1. The van der Waals surface area contributed by atoms with Crippen LogP contribution in [0, 0.1) is 10.1 Å². The molecule has 1 aliphatic rings. The molecule has 6 nitrogen and oxygen atoms in total. The molecule has 3 aromatic rings. The standard InChI is InChI=1S/C25H23N3O3/c29-25(24(21-9-5-2-6-10-21)19-20-7-3-1-4-8-20)27-17-15-26(16-18-27)22-11-13-23(14-12-22)28(30)31/h1-14,19H,15-18H2/b24-19-. The van der Waals surface area contributed by atoms with Crippen LogP contribution in [0.2, 0.25) is 0 Å². The monoisotopic (exact) mass is 413 g/mol. The van der Waals surface area contributed by atoms with Crippen LogP contribution < -0.4 is 4.90 Å². The summed E-state index contributed by atoms with van der Waals surface area (Å²) < 4.78 is 0. The molecular formula is C25H23N3O3. The Labute approximate surface area is 181 Å². The number of piperazine rings is 1. The van der Waals surface area contributed by atoms with Crippen molar-refractivity contribution in [1.29, 1.82) is 0 Å². The predicted octanol–water partition coefficient (Wildman–Crippen LogP) is 4.48. The van der Waals surface area contributed by atoms with Gasteiger partial charge in [0.05, 0.1) is 4.92 Å². The number of nitrogens with zero attached hydrogens (tertiary/aromatic N) is 3. The first-order valence-electron chi connectivity index (χ1n) is 10.2. The third kappa shape index (κ3) is 4.80. The number of carbonyl (C=O) groups is 1. The molecule has 0 N–H and O–H groups in total. The van der Waals surface area contributed by atoms with Crippen LogP contribution in [0.15, 0.2) is 84.9 Å². The molecule has 0 aliphatic carbocycles. The number of hydrogen-bond donors (Lipinski definition) is 0. The highest BCUT2D eigenvalue weighted by Gasteiger charge is 2.24. The van der Waals surface area contributed by atoms with Gasteiger partial charge in [-0.25, -0.2) is 0 Å². The van der Waals surface area contributed by atoms with Crippen molar-refractivity contribution in [2.45, 2.75) is 0 Å². The maximum atomic E-state index is 13.4. The molecule has 0 unspecified atom stereocenters. The van der Waals surface area contributed by atoms with Gasteiger partial charge in [-0.2, -0.15) is 0 Å². The highest BCUT2D eigenvalue weighted by Crippen LogP contribution is 2.24. The van der Waals surface area contributed by atoms with Gasteiger partial charge in [0.2, 0.25) is 0 Å². The fourth-order valence-corrected chi connectivity index (χ4v) is 3.73. The number of nitro groups is 1. The van der Waals surface area contributed by atoms with Crippen molar-refractivity contribution >= 4 is 28.9 Å². The van der Waals surface area contributed by atoms with Crippen LogP contribution >= 0.6 is 0 Å². The normalized spacial score (nSPS) is 14.4. The van der Waals surface area contributed by atoms with Crippen molar-refractivity contribution in [2.24, 2.45) is 0 Å². The van der Waals surface area contributed by atoms with Crippen molar-refractivity contribution in [2.75, 3.05) is 31.1 Å². The first-order valence-corrected chi connectivity index (χ1v) is 10.2. The Kier molecular flexibility index (Phi) is 6.08. The lowest BCUT2D eigenvalue weighted by Crippen LogP contribution is -2.49. The molecule has 1 fully saturated rings. The Morgan fingerprint density at radius 2 is 1.39 bits per heavy atom. The molecule has 1 saturated heterocycles. The van der Waals surface area contributed by atoms with Crippen molar-refractivity contribution in [3.05, 3.63) is 106 Å². The fourth-order valence-electron chi connectivity index (χ4n) is 3.73. The topological polar surface area (TPSA) is 66.7 Å². The summed E-state index contributed by atoms with van der Waals surface area (Å²) in [7, 11) is 0. The van der Waals surface area contributed by atoms with Gasteiger partial charge in [-0.05, 0) is 29.3 Å². The maximum absolute atomic E-state index is 13.4. The van der Waals surface area contributed by atoms with Crippen LogP contribution in [0.25, 0.3) is 11.6 Å². The van der Waals surface area contributed by atoms with Crippen LogP contribution in [0.4, 0.5) is 11.4 Å². The number of amides is 1. The van der Waals surface area contributed by atoms with E-state index < -0.39 is 4.92 Å². The van der Waals surface area contributed by atoms with Crippen molar-refractivity contribution in [1.82, 2.24) is 4.90 Å². The molecule has 156 valence electrons. The van der Waals surface area contributed by atoms with Crippen LogP contribution in [0.3, 0.4) is 0 Å². The largest absolute Gasteiger partial charge is 0.368 e. The van der Waals surface area contributed by atoms with Gasteiger partial charge in [0.1, 0.15) is 0 Å². The lowest BCUT2D eigenvalue weighted by molar-refractivity contribution is -0.384. The van der Waals surface area contributed by atoms with Gasteiger partial charge in [0, 0.05) is 49.6 Å². The molecule has 0 spiro atoms. The third-order valence-corrected chi connectivity index (χ3v) is 5.42. The van der Waals surface area contributed by atoms with E-state index in [1.807, 2.05) is 71.6 Å². The minimum atomic E-state index is -0.398. The molecule has 0 bridgehead atoms. The minimum absolute atomic E-state index is 0.0124. The molecule has 6 heteroatoms. The Bertz CT molecular complexity index is 1070. The number of non-ortho nitro benzene ring substituents is 1. The van der Waals surface area contributed by atoms with Gasteiger partial charge < -0.3 is 9.80 Å². The Morgan fingerprint density at radius 1 is 0.806 bits per heavy atom. The van der Waals surface area contributed by atoms with E-state index in [0.717, 1.165) is 16.8 Å². The summed E-state index contributed by atoms with van der Waals surface area (Å²) in [5.74, 6) is 0.0124. The third-order valence-electron chi connectivity index (χ3n) is 5.42.